The molecule has 0 bridgehead atoms. The van der Waals surface area contributed by atoms with E-state index in [0.717, 1.165) is 11.3 Å². The minimum atomic E-state index is -3.64. The van der Waals surface area contributed by atoms with Gasteiger partial charge < -0.3 is 5.11 Å². The van der Waals surface area contributed by atoms with Crippen LogP contribution in [-0.2, 0) is 14.8 Å². The summed E-state index contributed by atoms with van der Waals surface area (Å²) in [7, 11) is -3.64. The maximum Gasteiger partial charge on any atom is 0.307 e. The topological polar surface area (TPSA) is 83.5 Å². The quantitative estimate of drug-likeness (QED) is 0.856. The van der Waals surface area contributed by atoms with Crippen molar-refractivity contribution in [1.29, 1.82) is 0 Å². The summed E-state index contributed by atoms with van der Waals surface area (Å²) < 4.78 is 27.0. The van der Waals surface area contributed by atoms with Crippen molar-refractivity contribution in [2.75, 3.05) is 0 Å². The molecule has 1 heterocycles. The van der Waals surface area contributed by atoms with Gasteiger partial charge in [-0.05, 0) is 35.0 Å². The van der Waals surface area contributed by atoms with E-state index in [0.29, 0.717) is 3.79 Å². The Hall–Kier alpha value is -0.440. The molecule has 0 spiro atoms. The van der Waals surface area contributed by atoms with Gasteiger partial charge in [0.15, 0.2) is 0 Å². The molecule has 0 radical (unpaired) electrons. The molecular weight excluding hydrogens is 330 g/mol. The third-order valence-electron chi connectivity index (χ3n) is 2.29. The average Bonchev–Trinajstić information content (AvgIpc) is 2.63. The first-order valence-electron chi connectivity index (χ1n) is 4.74. The Morgan fingerprint density at radius 1 is 1.47 bits per heavy atom. The average molecular weight is 342 g/mol. The molecule has 0 aliphatic rings. The predicted octanol–water partition coefficient (Wildman–Crippen LogP) is 1.90. The third kappa shape index (κ3) is 3.77. The minimum Gasteiger partial charge on any atom is -0.481 e. The highest BCUT2D eigenvalue weighted by Crippen LogP contribution is 2.26. The summed E-state index contributed by atoms with van der Waals surface area (Å²) >= 11 is 4.25. The zero-order chi connectivity index (χ0) is 13.2. The molecule has 0 aliphatic heterocycles. The van der Waals surface area contributed by atoms with Gasteiger partial charge in [-0.25, -0.2) is 13.1 Å². The van der Waals surface area contributed by atoms with E-state index in [-0.39, 0.29) is 4.21 Å². The maximum absolute atomic E-state index is 11.9. The monoisotopic (exact) mass is 341 g/mol. The number of nitrogens with one attached hydrogen (secondary N) is 1. The summed E-state index contributed by atoms with van der Waals surface area (Å²) in [6.07, 6.45) is 0. The van der Waals surface area contributed by atoms with Crippen molar-refractivity contribution in [2.45, 2.75) is 24.1 Å². The highest BCUT2D eigenvalue weighted by Gasteiger charge is 2.25. The van der Waals surface area contributed by atoms with Crippen molar-refractivity contribution in [3.63, 3.8) is 0 Å². The zero-order valence-electron chi connectivity index (χ0n) is 9.18. The number of halogens is 1. The predicted molar refractivity (Wildman–Crippen MR) is 68.6 cm³/mol. The van der Waals surface area contributed by atoms with Crippen LogP contribution in [0.5, 0.6) is 0 Å². The van der Waals surface area contributed by atoms with Gasteiger partial charge in [0.25, 0.3) is 0 Å². The Kier molecular flexibility index (Phi) is 4.70. The van der Waals surface area contributed by atoms with Crippen LogP contribution in [0.2, 0.25) is 0 Å². The second kappa shape index (κ2) is 5.47. The molecule has 1 rings (SSSR count). The summed E-state index contributed by atoms with van der Waals surface area (Å²) in [5.41, 5.74) is 0. The molecule has 2 N–H and O–H groups in total. The molecule has 0 aromatic carbocycles. The molecule has 17 heavy (non-hydrogen) atoms. The van der Waals surface area contributed by atoms with E-state index in [1.54, 1.807) is 6.07 Å². The molecule has 2 unspecified atom stereocenters. The van der Waals surface area contributed by atoms with E-state index >= 15 is 0 Å². The lowest BCUT2D eigenvalue weighted by Crippen LogP contribution is -2.39. The van der Waals surface area contributed by atoms with Crippen molar-refractivity contribution in [3.05, 3.63) is 15.9 Å². The Bertz CT molecular complexity index is 511. The standard InChI is InChI=1S/C9H12BrNO4S2/c1-5(9(12)13)6(2)11-17(14,15)8-4-3-7(10)16-8/h3-6,11H,1-2H3,(H,12,13). The molecule has 0 aliphatic carbocycles. The number of thiophene rings is 1. The molecule has 0 saturated heterocycles. The molecule has 5 nitrogen and oxygen atoms in total. The SMILES string of the molecule is CC(NS(=O)(=O)c1ccc(Br)s1)C(C)C(=O)O. The molecule has 1 aromatic rings. The fourth-order valence-electron chi connectivity index (χ4n) is 1.06. The summed E-state index contributed by atoms with van der Waals surface area (Å²) in [4.78, 5) is 10.7. The van der Waals surface area contributed by atoms with Crippen LogP contribution in [0.4, 0.5) is 0 Å². The van der Waals surface area contributed by atoms with Crippen molar-refractivity contribution in [1.82, 2.24) is 4.72 Å². The van der Waals surface area contributed by atoms with E-state index in [1.165, 1.54) is 19.9 Å². The number of rotatable bonds is 5. The second-order valence-electron chi connectivity index (χ2n) is 3.60. The Morgan fingerprint density at radius 3 is 2.47 bits per heavy atom. The molecule has 1 aromatic heterocycles. The van der Waals surface area contributed by atoms with Crippen LogP contribution in [0.15, 0.2) is 20.1 Å². The number of hydrogen-bond acceptors (Lipinski definition) is 4. The first-order chi connectivity index (χ1) is 7.74. The van der Waals surface area contributed by atoms with Gasteiger partial charge in [0, 0.05) is 6.04 Å². The van der Waals surface area contributed by atoms with Crippen LogP contribution in [0.3, 0.4) is 0 Å². The normalized spacial score (nSPS) is 15.5. The molecule has 8 heteroatoms. The van der Waals surface area contributed by atoms with E-state index in [4.69, 9.17) is 5.11 Å². The fraction of sp³-hybridized carbons (Fsp3) is 0.444. The van der Waals surface area contributed by atoms with Gasteiger partial charge in [-0.1, -0.05) is 6.92 Å². The molecule has 2 atom stereocenters. The van der Waals surface area contributed by atoms with Gasteiger partial charge in [-0.15, -0.1) is 11.3 Å². The fourth-order valence-corrected chi connectivity index (χ4v) is 4.41. The van der Waals surface area contributed by atoms with Crippen LogP contribution < -0.4 is 4.72 Å². The van der Waals surface area contributed by atoms with Crippen LogP contribution in [0, 0.1) is 5.92 Å². The van der Waals surface area contributed by atoms with E-state index < -0.39 is 28.0 Å². The summed E-state index contributed by atoms with van der Waals surface area (Å²) in [6.45, 7) is 2.98. The van der Waals surface area contributed by atoms with Crippen LogP contribution in [0.25, 0.3) is 0 Å². The van der Waals surface area contributed by atoms with Crippen LogP contribution in [0.1, 0.15) is 13.8 Å². The first kappa shape index (κ1) is 14.6. The highest BCUT2D eigenvalue weighted by atomic mass is 79.9. The lowest BCUT2D eigenvalue weighted by Gasteiger charge is -2.16. The van der Waals surface area contributed by atoms with Crippen molar-refractivity contribution in [2.24, 2.45) is 5.92 Å². The second-order valence-corrected chi connectivity index (χ2v) is 8.00. The van der Waals surface area contributed by atoms with Gasteiger partial charge in [-0.3, -0.25) is 4.79 Å². The van der Waals surface area contributed by atoms with Gasteiger partial charge in [-0.2, -0.15) is 0 Å². The zero-order valence-corrected chi connectivity index (χ0v) is 12.4. The molecule has 96 valence electrons. The molecule has 0 saturated carbocycles. The van der Waals surface area contributed by atoms with E-state index in [9.17, 15) is 13.2 Å². The largest absolute Gasteiger partial charge is 0.481 e. The maximum atomic E-state index is 11.9. The summed E-state index contributed by atoms with van der Waals surface area (Å²) in [5, 5.41) is 8.78. The number of aliphatic carboxylic acids is 1. The number of carboxylic acids is 1. The van der Waals surface area contributed by atoms with Crippen molar-refractivity contribution >= 4 is 43.3 Å². The minimum absolute atomic E-state index is 0.161. The molecular formula is C9H12BrNO4S2. The summed E-state index contributed by atoms with van der Waals surface area (Å²) in [5.74, 6) is -1.82. The number of sulfonamides is 1. The summed E-state index contributed by atoms with van der Waals surface area (Å²) in [6, 6.07) is 2.43. The van der Waals surface area contributed by atoms with Crippen LogP contribution >= 0.6 is 27.3 Å². The number of carboxylic acid groups (broad SMARTS) is 1. The number of carbonyl (C=O) groups is 1. The first-order valence-corrected chi connectivity index (χ1v) is 7.84. The lowest BCUT2D eigenvalue weighted by atomic mass is 10.1. The van der Waals surface area contributed by atoms with Gasteiger partial charge in [0.1, 0.15) is 4.21 Å². The van der Waals surface area contributed by atoms with Gasteiger partial charge >= 0.3 is 5.97 Å². The lowest BCUT2D eigenvalue weighted by molar-refractivity contribution is -0.141. The van der Waals surface area contributed by atoms with Gasteiger partial charge in [0.05, 0.1) is 9.70 Å². The van der Waals surface area contributed by atoms with Gasteiger partial charge in [0.2, 0.25) is 10.0 Å². The highest BCUT2D eigenvalue weighted by molar-refractivity contribution is 9.11. The van der Waals surface area contributed by atoms with Crippen molar-refractivity contribution < 1.29 is 18.3 Å². The van der Waals surface area contributed by atoms with Crippen LogP contribution in [-0.4, -0.2) is 25.5 Å². The number of hydrogen-bond donors (Lipinski definition) is 2. The molecule has 0 fully saturated rings. The Balaban J connectivity index is 2.84. The smallest absolute Gasteiger partial charge is 0.307 e. The Morgan fingerprint density at radius 2 is 2.06 bits per heavy atom. The molecule has 0 amide bonds. The van der Waals surface area contributed by atoms with E-state index in [2.05, 4.69) is 20.7 Å². The Labute approximate surface area is 112 Å². The van der Waals surface area contributed by atoms with E-state index in [1.807, 2.05) is 0 Å². The third-order valence-corrected chi connectivity index (χ3v) is 5.97. The van der Waals surface area contributed by atoms with Crippen molar-refractivity contribution in [3.8, 4) is 0 Å².